The van der Waals surface area contributed by atoms with Crippen LogP contribution in [0.5, 0.6) is 0 Å². The number of fused-ring (bicyclic) bond motifs is 1. The molecule has 1 aliphatic rings. The summed E-state index contributed by atoms with van der Waals surface area (Å²) in [6.07, 6.45) is 4.32. The number of hydrogen-bond acceptors (Lipinski definition) is 4. The molecule has 0 saturated carbocycles. The van der Waals surface area contributed by atoms with E-state index in [1.54, 1.807) is 22.8 Å². The number of guanidine groups is 1. The number of piperazine rings is 1. The average molecular weight is 380 g/mol. The largest absolute Gasteiger partial charge is 0.461 e. The number of carbonyl (C=O) groups excluding carboxylic acids is 1. The van der Waals surface area contributed by atoms with Crippen LogP contribution in [0.1, 0.15) is 5.76 Å². The van der Waals surface area contributed by atoms with Crippen molar-refractivity contribution in [2.45, 2.75) is 6.42 Å². The SMILES string of the molecule is CN=C(NCCc1cc2ccccc2o1)N1CCN(c2cnn(C)c2)C(=O)C1. The van der Waals surface area contributed by atoms with Crippen LogP contribution in [0.25, 0.3) is 11.0 Å². The van der Waals surface area contributed by atoms with Crippen molar-refractivity contribution in [1.29, 1.82) is 0 Å². The van der Waals surface area contributed by atoms with Crippen molar-refractivity contribution in [3.63, 3.8) is 0 Å². The quantitative estimate of drug-likeness (QED) is 0.550. The Morgan fingerprint density at radius 1 is 1.32 bits per heavy atom. The Kier molecular flexibility index (Phi) is 5.01. The molecule has 1 fully saturated rings. The van der Waals surface area contributed by atoms with E-state index in [1.807, 2.05) is 42.4 Å². The molecule has 1 amide bonds. The van der Waals surface area contributed by atoms with Gasteiger partial charge in [-0.15, -0.1) is 0 Å². The van der Waals surface area contributed by atoms with Crippen LogP contribution in [-0.4, -0.2) is 59.8 Å². The summed E-state index contributed by atoms with van der Waals surface area (Å²) in [5.74, 6) is 1.71. The highest BCUT2D eigenvalue weighted by Crippen LogP contribution is 2.19. The zero-order valence-corrected chi connectivity index (χ0v) is 16.1. The smallest absolute Gasteiger partial charge is 0.246 e. The van der Waals surface area contributed by atoms with Gasteiger partial charge >= 0.3 is 0 Å². The molecule has 28 heavy (non-hydrogen) atoms. The van der Waals surface area contributed by atoms with Gasteiger partial charge in [0.1, 0.15) is 17.9 Å². The van der Waals surface area contributed by atoms with Crippen molar-refractivity contribution >= 4 is 28.5 Å². The molecule has 8 heteroatoms. The van der Waals surface area contributed by atoms with Crippen LogP contribution in [0.4, 0.5) is 5.69 Å². The molecular weight excluding hydrogens is 356 g/mol. The highest BCUT2D eigenvalue weighted by molar-refractivity contribution is 5.98. The molecule has 1 aliphatic heterocycles. The Morgan fingerprint density at radius 3 is 2.89 bits per heavy atom. The number of rotatable bonds is 4. The normalized spacial score (nSPS) is 15.5. The Labute approximate surface area is 163 Å². The van der Waals surface area contributed by atoms with Crippen LogP contribution in [0.3, 0.4) is 0 Å². The summed E-state index contributed by atoms with van der Waals surface area (Å²) in [5, 5.41) is 8.60. The summed E-state index contributed by atoms with van der Waals surface area (Å²) in [6.45, 7) is 2.29. The second-order valence-electron chi connectivity index (χ2n) is 6.81. The number of aryl methyl sites for hydroxylation is 1. The van der Waals surface area contributed by atoms with Crippen LogP contribution in [0.2, 0.25) is 0 Å². The molecular formula is C20H24N6O2. The lowest BCUT2D eigenvalue weighted by molar-refractivity contribution is -0.120. The predicted molar refractivity (Wildman–Crippen MR) is 108 cm³/mol. The maximum atomic E-state index is 12.6. The van der Waals surface area contributed by atoms with Gasteiger partial charge < -0.3 is 19.5 Å². The van der Waals surface area contributed by atoms with Crippen molar-refractivity contribution < 1.29 is 9.21 Å². The molecule has 2 aromatic heterocycles. The van der Waals surface area contributed by atoms with Crippen LogP contribution >= 0.6 is 0 Å². The molecule has 0 aliphatic carbocycles. The molecule has 0 atom stereocenters. The summed E-state index contributed by atoms with van der Waals surface area (Å²) in [6, 6.07) is 10.1. The first-order valence-corrected chi connectivity index (χ1v) is 9.36. The molecule has 1 saturated heterocycles. The second-order valence-corrected chi connectivity index (χ2v) is 6.81. The number of carbonyl (C=O) groups is 1. The molecule has 4 rings (SSSR count). The summed E-state index contributed by atoms with van der Waals surface area (Å²) < 4.78 is 7.55. The topological polar surface area (TPSA) is 78.9 Å². The zero-order chi connectivity index (χ0) is 19.5. The number of hydrogen-bond donors (Lipinski definition) is 1. The summed E-state index contributed by atoms with van der Waals surface area (Å²) >= 11 is 0. The minimum atomic E-state index is 0.0412. The number of para-hydroxylation sites is 1. The van der Waals surface area contributed by atoms with Gasteiger partial charge in [0.25, 0.3) is 0 Å². The van der Waals surface area contributed by atoms with E-state index in [4.69, 9.17) is 4.42 Å². The summed E-state index contributed by atoms with van der Waals surface area (Å²) in [4.78, 5) is 20.7. The monoisotopic (exact) mass is 380 g/mol. The highest BCUT2D eigenvalue weighted by Gasteiger charge is 2.27. The van der Waals surface area contributed by atoms with Gasteiger partial charge in [-0.05, 0) is 12.1 Å². The van der Waals surface area contributed by atoms with E-state index in [9.17, 15) is 4.79 Å². The number of amides is 1. The zero-order valence-electron chi connectivity index (χ0n) is 16.1. The molecule has 3 aromatic rings. The van der Waals surface area contributed by atoms with Gasteiger partial charge in [0, 0.05) is 51.7 Å². The predicted octanol–water partition coefficient (Wildman–Crippen LogP) is 1.63. The molecule has 0 bridgehead atoms. The fourth-order valence-corrected chi connectivity index (χ4v) is 3.46. The van der Waals surface area contributed by atoms with Crippen LogP contribution < -0.4 is 10.2 Å². The lowest BCUT2D eigenvalue weighted by Crippen LogP contribution is -2.55. The average Bonchev–Trinajstić information content (AvgIpc) is 3.31. The van der Waals surface area contributed by atoms with Crippen molar-refractivity contribution in [2.75, 3.05) is 38.1 Å². The van der Waals surface area contributed by atoms with E-state index >= 15 is 0 Å². The van der Waals surface area contributed by atoms with Gasteiger partial charge in [0.2, 0.25) is 5.91 Å². The number of nitrogens with zero attached hydrogens (tertiary/aromatic N) is 5. The number of anilines is 1. The maximum Gasteiger partial charge on any atom is 0.246 e. The molecule has 0 spiro atoms. The standard InChI is InChI=1S/C20H24N6O2/c1-21-20(22-8-7-17-11-15-5-3-4-6-18(15)28-17)25-9-10-26(19(27)14-25)16-12-23-24(2)13-16/h3-6,11-13H,7-10,14H2,1-2H3,(H,21,22). The second kappa shape index (κ2) is 7.75. The Bertz CT molecular complexity index is 972. The minimum Gasteiger partial charge on any atom is -0.461 e. The lowest BCUT2D eigenvalue weighted by atomic mass is 10.2. The Balaban J connectivity index is 1.32. The van der Waals surface area contributed by atoms with E-state index in [0.717, 1.165) is 34.8 Å². The molecule has 1 N–H and O–H groups in total. The van der Waals surface area contributed by atoms with E-state index < -0.39 is 0 Å². The van der Waals surface area contributed by atoms with Gasteiger partial charge in [-0.25, -0.2) is 0 Å². The third-order valence-electron chi connectivity index (χ3n) is 4.87. The Morgan fingerprint density at radius 2 is 2.18 bits per heavy atom. The maximum absolute atomic E-state index is 12.6. The summed E-state index contributed by atoms with van der Waals surface area (Å²) in [7, 11) is 3.58. The minimum absolute atomic E-state index is 0.0412. The molecule has 8 nitrogen and oxygen atoms in total. The molecule has 0 unspecified atom stereocenters. The van der Waals surface area contributed by atoms with E-state index in [0.29, 0.717) is 26.2 Å². The van der Waals surface area contributed by atoms with Gasteiger partial charge in [-0.1, -0.05) is 18.2 Å². The lowest BCUT2D eigenvalue weighted by Gasteiger charge is -2.35. The highest BCUT2D eigenvalue weighted by atomic mass is 16.3. The van der Waals surface area contributed by atoms with Gasteiger partial charge in [0.05, 0.1) is 11.9 Å². The van der Waals surface area contributed by atoms with Crippen molar-refractivity contribution in [3.05, 3.63) is 48.5 Å². The molecule has 0 radical (unpaired) electrons. The summed E-state index contributed by atoms with van der Waals surface area (Å²) in [5.41, 5.74) is 1.74. The van der Waals surface area contributed by atoms with Gasteiger partial charge in [0.15, 0.2) is 5.96 Å². The van der Waals surface area contributed by atoms with Crippen molar-refractivity contribution in [2.24, 2.45) is 12.0 Å². The van der Waals surface area contributed by atoms with Crippen LogP contribution in [0, 0.1) is 0 Å². The Hall–Kier alpha value is -3.29. The third-order valence-corrected chi connectivity index (χ3v) is 4.87. The fraction of sp³-hybridized carbons (Fsp3) is 0.350. The van der Waals surface area contributed by atoms with Crippen molar-refractivity contribution in [1.82, 2.24) is 20.0 Å². The molecule has 146 valence electrons. The third kappa shape index (κ3) is 3.71. The first-order valence-electron chi connectivity index (χ1n) is 9.36. The van der Waals surface area contributed by atoms with E-state index in [2.05, 4.69) is 21.5 Å². The van der Waals surface area contributed by atoms with Crippen molar-refractivity contribution in [3.8, 4) is 0 Å². The molecule has 1 aromatic carbocycles. The fourth-order valence-electron chi connectivity index (χ4n) is 3.46. The van der Waals surface area contributed by atoms with Crippen LogP contribution in [0.15, 0.2) is 52.1 Å². The number of aliphatic imine (C=N–C) groups is 1. The van der Waals surface area contributed by atoms with Gasteiger partial charge in [-0.2, -0.15) is 5.10 Å². The number of furan rings is 1. The number of aromatic nitrogens is 2. The van der Waals surface area contributed by atoms with Crippen LogP contribution in [-0.2, 0) is 18.3 Å². The first-order chi connectivity index (χ1) is 13.6. The van der Waals surface area contributed by atoms with E-state index in [1.165, 1.54) is 0 Å². The van der Waals surface area contributed by atoms with Gasteiger partial charge in [-0.3, -0.25) is 14.5 Å². The number of nitrogens with one attached hydrogen (secondary N) is 1. The number of benzene rings is 1. The van der Waals surface area contributed by atoms with E-state index in [-0.39, 0.29) is 5.91 Å². The first kappa shape index (κ1) is 18.1. The molecule has 3 heterocycles.